The standard InChI is InChI=1S/3C27H36FN3O2.C21H33BrO2.C7H5FN2/c1-26(33)12-10-17-16(14-26)6-7-19-18(17)11-13-27(2)20(19)8-9-21(27)24(32)15-31-23-5-3-4-22(28)25(23)29-30-31;1-26(33)12-10-17-16(14-26)6-7-19-18(17)11-13-27(2)20(19)8-9-21(27)24(32)15-31-25-22(28)4-3-5-23(25)29-30-31;1-26(33)12-10-17-16(14-26)6-7-19-18(17)11-13-27(2)20(19)8-9-21(27)24(32)15-31-29-23-5-3-4-22(28)25(23)30-31;1-20(24)9-7-14-13(11-20)3-4-16-15(14)8-10-21(2)17(16)5-6-18(21)19(23)12-22;8-6-2-1-3-7-5(6)4-9-10-7/h3*3-5,16-21,33H,6-15H2,1-2H3;13-18,24H,3-12H2,1-2H3;1-3H,4H2/t3*16-,17+,18-,19-,20+,21-,26-,27+;13-,14+,15-,16-,17+,18-,20-,21+;/m1111./s1. The van der Waals surface area contributed by atoms with Crippen LogP contribution < -0.4 is 0 Å². The van der Waals surface area contributed by atoms with Crippen LogP contribution in [0.25, 0.3) is 33.1 Å². The van der Waals surface area contributed by atoms with Crippen molar-refractivity contribution in [2.24, 2.45) is 174 Å². The predicted molar refractivity (Wildman–Crippen MR) is 506 cm³/mol. The van der Waals surface area contributed by atoms with Gasteiger partial charge in [0.2, 0.25) is 0 Å². The summed E-state index contributed by atoms with van der Waals surface area (Å²) in [5, 5.41) is 75.1. The van der Waals surface area contributed by atoms with Gasteiger partial charge in [0.1, 0.15) is 58.8 Å². The van der Waals surface area contributed by atoms with E-state index in [9.17, 15) is 57.2 Å². The van der Waals surface area contributed by atoms with Crippen molar-refractivity contribution in [1.29, 1.82) is 0 Å². The second-order valence-electron chi connectivity index (χ2n) is 48.6. The van der Waals surface area contributed by atoms with Crippen molar-refractivity contribution >= 4 is 77.9 Å². The largest absolute Gasteiger partial charge is 0.390 e. The molecular weight excluding hydrogens is 1750 g/mol. The fourth-order valence-electron chi connectivity index (χ4n) is 35.5. The monoisotopic (exact) mass is 1890 g/mol. The molecule has 17 aliphatic rings. The van der Waals surface area contributed by atoms with Crippen molar-refractivity contribution in [2.45, 2.75) is 335 Å². The van der Waals surface area contributed by atoms with Crippen LogP contribution in [0.15, 0.2) is 83.0 Å². The molecule has 720 valence electrons. The lowest BCUT2D eigenvalue weighted by Gasteiger charge is -2.56. The number of rotatable bonds is 11. The molecule has 0 amide bonds. The van der Waals surface area contributed by atoms with Gasteiger partial charge in [-0.15, -0.1) is 15.3 Å². The Morgan fingerprint density at radius 3 is 1.14 bits per heavy atom. The molecule has 3 aromatic heterocycles. The lowest BCUT2D eigenvalue weighted by atomic mass is 9.49. The summed E-state index contributed by atoms with van der Waals surface area (Å²) < 4.78 is 58.3. The summed E-state index contributed by atoms with van der Waals surface area (Å²) >= 11 is 3.42. The summed E-state index contributed by atoms with van der Waals surface area (Å²) in [7, 11) is 0. The van der Waals surface area contributed by atoms with Gasteiger partial charge in [-0.05, 0) is 447 Å². The molecule has 16 saturated carbocycles. The Morgan fingerprint density at radius 1 is 0.361 bits per heavy atom. The van der Waals surface area contributed by atoms with Gasteiger partial charge in [0.05, 0.1) is 45.5 Å². The Kier molecular flexibility index (Phi) is 25.6. The van der Waals surface area contributed by atoms with Crippen LogP contribution in [-0.4, -0.2) is 116 Å². The van der Waals surface area contributed by atoms with Crippen LogP contribution in [0.5, 0.6) is 0 Å². The van der Waals surface area contributed by atoms with Crippen LogP contribution in [0, 0.1) is 187 Å². The summed E-state index contributed by atoms with van der Waals surface area (Å²) in [5.74, 6) is 14.9. The van der Waals surface area contributed by atoms with Crippen molar-refractivity contribution < 1.29 is 57.2 Å². The molecule has 133 heavy (non-hydrogen) atoms. The molecule has 1 aliphatic heterocycles. The number of alkyl halides is 1. The van der Waals surface area contributed by atoms with E-state index in [0.29, 0.717) is 92.4 Å². The van der Waals surface area contributed by atoms with Gasteiger partial charge in [-0.1, -0.05) is 78.3 Å². The van der Waals surface area contributed by atoms with E-state index in [1.54, 1.807) is 53.2 Å². The third-order valence-electron chi connectivity index (χ3n) is 41.4. The number of para-hydroxylation sites is 1. The highest BCUT2D eigenvalue weighted by Gasteiger charge is 2.65. The number of azo groups is 1. The van der Waals surface area contributed by atoms with Gasteiger partial charge >= 0.3 is 0 Å². The highest BCUT2D eigenvalue weighted by Crippen LogP contribution is 2.70. The summed E-state index contributed by atoms with van der Waals surface area (Å²) in [5.41, 5.74) is 2.27. The maximum absolute atomic E-state index is 14.4. The molecule has 19 nitrogen and oxygen atoms in total. The number of fused-ring (bicyclic) bond motifs is 24. The molecule has 16 aliphatic carbocycles. The van der Waals surface area contributed by atoms with Gasteiger partial charge < -0.3 is 20.4 Å². The predicted octanol–water partition coefficient (Wildman–Crippen LogP) is 22.9. The fourth-order valence-corrected chi connectivity index (χ4v) is 35.9. The summed E-state index contributed by atoms with van der Waals surface area (Å²) in [6, 6.07) is 19.2. The van der Waals surface area contributed by atoms with Crippen molar-refractivity contribution in [2.75, 3.05) is 5.33 Å². The average Bonchev–Trinajstić information content (AvgIpc) is 1.64. The molecule has 7 aromatic rings. The van der Waals surface area contributed by atoms with Gasteiger partial charge in [0.25, 0.3) is 0 Å². The number of carbonyl (C=O) groups is 4. The van der Waals surface area contributed by atoms with Gasteiger partial charge in [0, 0.05) is 29.2 Å². The van der Waals surface area contributed by atoms with Crippen LogP contribution in [0.1, 0.15) is 292 Å². The molecule has 16 fully saturated rings. The third kappa shape index (κ3) is 17.4. The van der Waals surface area contributed by atoms with E-state index < -0.39 is 34.0 Å². The summed E-state index contributed by atoms with van der Waals surface area (Å²) in [4.78, 5) is 54.4. The van der Waals surface area contributed by atoms with E-state index in [1.165, 1.54) is 143 Å². The normalized spacial score (nSPS) is 42.4. The first-order chi connectivity index (χ1) is 63.5. The smallest absolute Gasteiger partial charge is 0.159 e. The first-order valence-corrected chi connectivity index (χ1v) is 53.3. The number of nitrogens with zero attached hydrogens (tertiary/aromatic N) is 11. The second kappa shape index (κ2) is 36.2. The molecule has 0 radical (unpaired) electrons. The maximum atomic E-state index is 14.4. The second-order valence-corrected chi connectivity index (χ2v) is 49.1. The minimum atomic E-state index is -0.479. The van der Waals surface area contributed by atoms with Crippen LogP contribution >= 0.6 is 15.9 Å². The number of Topliss-reactive ketones (excluding diaryl/α,β-unsaturated/α-hetero) is 4. The van der Waals surface area contributed by atoms with Crippen LogP contribution in [0.2, 0.25) is 0 Å². The zero-order valence-electron chi connectivity index (χ0n) is 80.0. The Bertz CT molecular complexity index is 5520. The molecule has 0 spiro atoms. The van der Waals surface area contributed by atoms with Crippen molar-refractivity contribution in [3.05, 3.63) is 102 Å². The van der Waals surface area contributed by atoms with Crippen LogP contribution in [-0.2, 0) is 45.4 Å². The third-order valence-corrected chi connectivity index (χ3v) is 42.0. The highest BCUT2D eigenvalue weighted by molar-refractivity contribution is 9.09. The highest BCUT2D eigenvalue weighted by atomic mass is 79.9. The topological polar surface area (TPSA) is 266 Å². The molecule has 32 atom stereocenters. The molecular formula is C109H146BrF4N11O8. The lowest BCUT2D eigenvalue weighted by molar-refractivity contribution is -0.133. The van der Waals surface area contributed by atoms with Crippen molar-refractivity contribution in [3.8, 4) is 0 Å². The molecule has 4 aromatic carbocycles. The SMILES string of the molecule is C[C@@]1(O)CC[C@H]2[C@H](CC[C@@H]3[C@@H]2CC[C@]2(C)[C@@H](C(=O)CBr)CC[C@@H]32)C1.C[C@@]1(O)CC[C@H]2[C@H](CC[C@@H]3[C@@H]2CC[C@]2(C)[C@@H](C(=O)Cn4nc5cccc(F)c5n4)CC[C@@H]32)C1.C[C@@]1(O)CC[C@H]2[C@H](CC[C@@H]3[C@@H]2CC[C@]2(C)[C@@H](C(=O)Cn4nnc5c(F)cccc54)CC[C@@H]32)C1.C[C@@]1(O)CC[C@H]2[C@H](CC[C@@H]3[C@@H]2CC[C@]2(C)[C@@H](C(=O)Cn4nnc5cccc(F)c54)CC[C@@H]32)C1.Fc1cccc2c1CN=N2. The summed E-state index contributed by atoms with van der Waals surface area (Å²) in [6.07, 6.45) is 40.9. The van der Waals surface area contributed by atoms with Crippen molar-refractivity contribution in [3.63, 3.8) is 0 Å². The van der Waals surface area contributed by atoms with Crippen LogP contribution in [0.4, 0.5) is 23.2 Å². The molecule has 0 unspecified atom stereocenters. The molecule has 24 heteroatoms. The number of hydrogen-bond acceptors (Lipinski definition) is 16. The van der Waals surface area contributed by atoms with Gasteiger partial charge in [-0.3, -0.25) is 19.2 Å². The number of benzene rings is 4. The van der Waals surface area contributed by atoms with E-state index in [-0.39, 0.29) is 99.1 Å². The van der Waals surface area contributed by atoms with Gasteiger partial charge in [-0.2, -0.15) is 20.1 Å². The number of aromatic nitrogens is 9. The van der Waals surface area contributed by atoms with E-state index in [1.807, 2.05) is 27.7 Å². The molecule has 4 heterocycles. The Labute approximate surface area is 791 Å². The molecule has 0 bridgehead atoms. The number of hydrogen-bond donors (Lipinski definition) is 4. The van der Waals surface area contributed by atoms with E-state index in [2.05, 4.69) is 84.7 Å². The quantitative estimate of drug-likeness (QED) is 0.0693. The lowest BCUT2D eigenvalue weighted by Crippen LogP contribution is -2.51. The van der Waals surface area contributed by atoms with Gasteiger partial charge in [0.15, 0.2) is 34.8 Å². The van der Waals surface area contributed by atoms with Crippen molar-refractivity contribution in [1.82, 2.24) is 45.0 Å². The van der Waals surface area contributed by atoms with Gasteiger partial charge in [-0.25, -0.2) is 26.9 Å². The number of ketones is 4. The average molecular weight is 1890 g/mol. The zero-order chi connectivity index (χ0) is 93.0. The minimum Gasteiger partial charge on any atom is -0.390 e. The Balaban J connectivity index is 0.000000107. The van der Waals surface area contributed by atoms with E-state index in [4.69, 9.17) is 0 Å². The molecule has 0 saturated heterocycles. The molecule has 24 rings (SSSR count). The Morgan fingerprint density at radius 2 is 0.722 bits per heavy atom. The molecule has 4 N–H and O–H groups in total. The van der Waals surface area contributed by atoms with Crippen LogP contribution in [0.3, 0.4) is 0 Å². The Hall–Kier alpha value is -6.60. The first-order valence-electron chi connectivity index (χ1n) is 52.2. The first kappa shape index (κ1) is 94.0. The van der Waals surface area contributed by atoms with E-state index >= 15 is 0 Å². The number of carbonyl (C=O) groups excluding carboxylic acids is 4. The number of aliphatic hydroxyl groups is 4. The maximum Gasteiger partial charge on any atom is 0.159 e. The zero-order valence-corrected chi connectivity index (χ0v) is 81.6. The summed E-state index contributed by atoms with van der Waals surface area (Å²) in [6.45, 7) is 18.5. The minimum absolute atomic E-state index is 0.0271. The fraction of sp³-hybridized carbons (Fsp3) is 0.743. The number of halogens is 5. The van der Waals surface area contributed by atoms with E-state index in [0.717, 1.165) is 205 Å².